The van der Waals surface area contributed by atoms with Crippen LogP contribution in [0.3, 0.4) is 0 Å². The molecule has 0 unspecified atom stereocenters. The van der Waals surface area contributed by atoms with Gasteiger partial charge in [0.2, 0.25) is 0 Å². The normalized spacial score (nSPS) is 13.0. The fraction of sp³-hybridized carbons (Fsp3) is 0.500. The van der Waals surface area contributed by atoms with E-state index in [0.717, 1.165) is 5.56 Å². The van der Waals surface area contributed by atoms with Crippen LogP contribution >= 0.6 is 0 Å². The summed E-state index contributed by atoms with van der Waals surface area (Å²) < 4.78 is 29.1. The van der Waals surface area contributed by atoms with Crippen LogP contribution in [0, 0.1) is 0 Å². The molecule has 0 aliphatic heterocycles. The quantitative estimate of drug-likeness (QED) is 0.773. The van der Waals surface area contributed by atoms with E-state index in [1.807, 2.05) is 30.3 Å². The molecular weight excluding hydrogens is 212 g/mol. The Morgan fingerprint density at radius 3 is 2.50 bits per heavy atom. The summed E-state index contributed by atoms with van der Waals surface area (Å²) >= 11 is 0. The van der Waals surface area contributed by atoms with E-state index in [-0.39, 0.29) is 12.6 Å². The lowest BCUT2D eigenvalue weighted by molar-refractivity contribution is 0.122. The second-order valence-corrected chi connectivity index (χ2v) is 3.64. The summed E-state index contributed by atoms with van der Waals surface area (Å²) in [5.41, 5.74) is 1.12. The number of hydrogen-bond donors (Lipinski definition) is 1. The average Bonchev–Trinajstić information content (AvgIpc) is 2.27. The highest BCUT2D eigenvalue weighted by Gasteiger charge is 2.11. The number of alkyl halides is 2. The number of nitrogens with one attached hydrogen (secondary N) is 1. The zero-order valence-electron chi connectivity index (χ0n) is 9.33. The first kappa shape index (κ1) is 13.1. The zero-order chi connectivity index (χ0) is 11.8. The van der Waals surface area contributed by atoms with E-state index in [1.165, 1.54) is 0 Å². The number of hydrogen-bond acceptors (Lipinski definition) is 2. The van der Waals surface area contributed by atoms with Crippen LogP contribution < -0.4 is 5.32 Å². The number of benzene rings is 1. The van der Waals surface area contributed by atoms with Crippen molar-refractivity contribution < 1.29 is 13.5 Å². The highest BCUT2D eigenvalue weighted by atomic mass is 19.3. The van der Waals surface area contributed by atoms with Crippen molar-refractivity contribution in [3.63, 3.8) is 0 Å². The molecule has 0 amide bonds. The summed E-state index contributed by atoms with van der Waals surface area (Å²) in [6.07, 6.45) is -1.63. The van der Waals surface area contributed by atoms with Crippen molar-refractivity contribution in [2.75, 3.05) is 20.3 Å². The van der Waals surface area contributed by atoms with E-state index in [4.69, 9.17) is 4.74 Å². The molecule has 0 bridgehead atoms. The summed E-state index contributed by atoms with van der Waals surface area (Å²) in [6, 6.07) is 9.70. The smallest absolute Gasteiger partial charge is 0.250 e. The van der Waals surface area contributed by atoms with E-state index >= 15 is 0 Å². The first-order valence-electron chi connectivity index (χ1n) is 5.26. The van der Waals surface area contributed by atoms with Crippen molar-refractivity contribution in [3.05, 3.63) is 35.9 Å². The molecule has 1 aromatic rings. The van der Waals surface area contributed by atoms with Gasteiger partial charge < -0.3 is 10.1 Å². The number of methoxy groups -OCH3 is 1. The van der Waals surface area contributed by atoms with Gasteiger partial charge in [-0.05, 0) is 12.0 Å². The van der Waals surface area contributed by atoms with Gasteiger partial charge in [0.05, 0.1) is 13.2 Å². The molecule has 90 valence electrons. The molecule has 0 fully saturated rings. The Hall–Kier alpha value is -1.00. The Balaban J connectivity index is 2.44. The van der Waals surface area contributed by atoms with Crippen molar-refractivity contribution in [1.29, 1.82) is 0 Å². The summed E-state index contributed by atoms with van der Waals surface area (Å²) in [6.45, 7) is 0.141. The predicted octanol–water partition coefficient (Wildman–Crippen LogP) is 2.10. The van der Waals surface area contributed by atoms with Crippen LogP contribution in [0.25, 0.3) is 0 Å². The molecule has 0 heterocycles. The molecule has 0 aromatic heterocycles. The molecule has 16 heavy (non-hydrogen) atoms. The summed E-state index contributed by atoms with van der Waals surface area (Å²) in [5.74, 6) is 0. The zero-order valence-corrected chi connectivity index (χ0v) is 9.33. The van der Waals surface area contributed by atoms with Crippen LogP contribution in [0.2, 0.25) is 0 Å². The van der Waals surface area contributed by atoms with Crippen molar-refractivity contribution >= 4 is 0 Å². The largest absolute Gasteiger partial charge is 0.383 e. The van der Waals surface area contributed by atoms with Gasteiger partial charge in [0, 0.05) is 13.2 Å². The molecule has 2 nitrogen and oxygen atoms in total. The van der Waals surface area contributed by atoms with Crippen molar-refractivity contribution in [1.82, 2.24) is 5.32 Å². The van der Waals surface area contributed by atoms with E-state index in [0.29, 0.717) is 13.0 Å². The van der Waals surface area contributed by atoms with Gasteiger partial charge in [0.1, 0.15) is 0 Å². The van der Waals surface area contributed by atoms with Gasteiger partial charge in [-0.3, -0.25) is 0 Å². The van der Waals surface area contributed by atoms with Gasteiger partial charge in [-0.1, -0.05) is 30.3 Å². The molecule has 0 aliphatic rings. The maximum atomic E-state index is 12.1. The SMILES string of the molecule is COC[C@H](Cc1ccccc1)NCC(F)F. The maximum Gasteiger partial charge on any atom is 0.250 e. The fourth-order valence-corrected chi connectivity index (χ4v) is 1.55. The summed E-state index contributed by atoms with van der Waals surface area (Å²) in [7, 11) is 1.57. The van der Waals surface area contributed by atoms with Crippen molar-refractivity contribution in [3.8, 4) is 0 Å². The summed E-state index contributed by atoms with van der Waals surface area (Å²) in [5, 5.41) is 2.79. The first-order chi connectivity index (χ1) is 7.72. The van der Waals surface area contributed by atoms with Crippen LogP contribution in [0.1, 0.15) is 5.56 Å². The average molecular weight is 229 g/mol. The molecule has 1 atom stereocenters. The minimum absolute atomic E-state index is 0.0681. The predicted molar refractivity (Wildman–Crippen MR) is 59.8 cm³/mol. The fourth-order valence-electron chi connectivity index (χ4n) is 1.55. The highest BCUT2D eigenvalue weighted by molar-refractivity contribution is 5.15. The molecule has 0 spiro atoms. The van der Waals surface area contributed by atoms with Crippen LogP contribution in [0.15, 0.2) is 30.3 Å². The van der Waals surface area contributed by atoms with Gasteiger partial charge in [0.15, 0.2) is 0 Å². The Labute approximate surface area is 94.6 Å². The van der Waals surface area contributed by atoms with E-state index < -0.39 is 6.43 Å². The number of rotatable bonds is 7. The number of ether oxygens (including phenoxy) is 1. The molecule has 0 saturated carbocycles. The molecule has 1 aromatic carbocycles. The van der Waals surface area contributed by atoms with Crippen LogP contribution in [0.4, 0.5) is 8.78 Å². The Morgan fingerprint density at radius 2 is 1.94 bits per heavy atom. The van der Waals surface area contributed by atoms with Gasteiger partial charge >= 0.3 is 0 Å². The van der Waals surface area contributed by atoms with Crippen LogP contribution in [-0.4, -0.2) is 32.7 Å². The lowest BCUT2D eigenvalue weighted by atomic mass is 10.1. The second kappa shape index (κ2) is 7.30. The third-order valence-corrected chi connectivity index (χ3v) is 2.25. The van der Waals surface area contributed by atoms with Gasteiger partial charge in [-0.15, -0.1) is 0 Å². The van der Waals surface area contributed by atoms with E-state index in [9.17, 15) is 8.78 Å². The maximum absolute atomic E-state index is 12.1. The highest BCUT2D eigenvalue weighted by Crippen LogP contribution is 2.04. The van der Waals surface area contributed by atoms with Crippen LogP contribution in [-0.2, 0) is 11.2 Å². The molecule has 1 N–H and O–H groups in total. The molecule has 0 radical (unpaired) electrons. The minimum atomic E-state index is -2.32. The Kier molecular flexibility index (Phi) is 5.96. The standard InChI is InChI=1S/C12H17F2NO/c1-16-9-11(15-8-12(13)14)7-10-5-3-2-4-6-10/h2-6,11-12,15H,7-9H2,1H3/t11-/m0/s1. The molecule has 1 rings (SSSR count). The molecule has 0 saturated heterocycles. The van der Waals surface area contributed by atoms with Gasteiger partial charge in [-0.2, -0.15) is 0 Å². The third-order valence-electron chi connectivity index (χ3n) is 2.25. The Morgan fingerprint density at radius 1 is 1.25 bits per heavy atom. The lowest BCUT2D eigenvalue weighted by Gasteiger charge is -2.17. The van der Waals surface area contributed by atoms with Gasteiger partial charge in [0.25, 0.3) is 6.43 Å². The number of halogens is 2. The third kappa shape index (κ3) is 5.19. The molecule has 4 heteroatoms. The van der Waals surface area contributed by atoms with Crippen LogP contribution in [0.5, 0.6) is 0 Å². The molecule has 0 aliphatic carbocycles. The minimum Gasteiger partial charge on any atom is -0.383 e. The van der Waals surface area contributed by atoms with E-state index in [1.54, 1.807) is 7.11 Å². The monoisotopic (exact) mass is 229 g/mol. The first-order valence-corrected chi connectivity index (χ1v) is 5.26. The van der Waals surface area contributed by atoms with Gasteiger partial charge in [-0.25, -0.2) is 8.78 Å². The van der Waals surface area contributed by atoms with Crippen molar-refractivity contribution in [2.24, 2.45) is 0 Å². The topological polar surface area (TPSA) is 21.3 Å². The Bertz CT molecular complexity index is 280. The lowest BCUT2D eigenvalue weighted by Crippen LogP contribution is -2.38. The van der Waals surface area contributed by atoms with Crippen molar-refractivity contribution in [2.45, 2.75) is 18.9 Å². The summed E-state index contributed by atoms with van der Waals surface area (Å²) in [4.78, 5) is 0. The second-order valence-electron chi connectivity index (χ2n) is 3.64. The van der Waals surface area contributed by atoms with E-state index in [2.05, 4.69) is 5.32 Å². The molecular formula is C12H17F2NO.